The molecule has 1 heterocycles. The van der Waals surface area contributed by atoms with E-state index in [1.54, 1.807) is 32.2 Å². The van der Waals surface area contributed by atoms with Crippen LogP contribution in [0.2, 0.25) is 0 Å². The lowest BCUT2D eigenvalue weighted by Crippen LogP contribution is -2.35. The van der Waals surface area contributed by atoms with Gasteiger partial charge < -0.3 is 14.8 Å². The van der Waals surface area contributed by atoms with Crippen LogP contribution in [0.15, 0.2) is 41.3 Å². The van der Waals surface area contributed by atoms with Crippen LogP contribution < -0.4 is 14.8 Å². The van der Waals surface area contributed by atoms with Gasteiger partial charge in [-0.1, -0.05) is 18.6 Å². The van der Waals surface area contributed by atoms with E-state index in [1.807, 2.05) is 19.1 Å². The molecule has 0 aromatic heterocycles. The predicted molar refractivity (Wildman–Crippen MR) is 119 cm³/mol. The Labute approximate surface area is 184 Å². The van der Waals surface area contributed by atoms with Gasteiger partial charge in [0.1, 0.15) is 0 Å². The number of nitrogens with one attached hydrogen (secondary N) is 1. The Balaban J connectivity index is 1.75. The number of aryl methyl sites for hydroxylation is 1. The lowest BCUT2D eigenvalue weighted by atomic mass is 10.1. The normalized spacial score (nSPS) is 14.8. The molecule has 0 spiro atoms. The highest BCUT2D eigenvalue weighted by atomic mass is 32.2. The number of piperidine rings is 1. The van der Waals surface area contributed by atoms with Crippen molar-refractivity contribution >= 4 is 15.9 Å². The summed E-state index contributed by atoms with van der Waals surface area (Å²) in [6, 6.07) is 10.2. The van der Waals surface area contributed by atoms with E-state index in [0.717, 1.165) is 30.4 Å². The van der Waals surface area contributed by atoms with Crippen LogP contribution in [0, 0.1) is 6.92 Å². The van der Waals surface area contributed by atoms with Crippen LogP contribution in [0.4, 0.5) is 0 Å². The van der Waals surface area contributed by atoms with Gasteiger partial charge in [-0.05, 0) is 62.1 Å². The standard InChI is InChI=1S/C23H30N2O5S/c1-4-30-21-11-9-18(14-22(21)29-3)16-24-23(26)20-15-19(10-8-17(20)2)31(27,28)25-12-6-5-7-13-25/h8-11,14-15H,4-7,12-13,16H2,1-3H3,(H,24,26). The first-order valence-corrected chi connectivity index (χ1v) is 12.0. The van der Waals surface area contributed by atoms with Gasteiger partial charge in [-0.2, -0.15) is 4.31 Å². The van der Waals surface area contributed by atoms with E-state index in [4.69, 9.17) is 9.47 Å². The Morgan fingerprint density at radius 3 is 2.48 bits per heavy atom. The van der Waals surface area contributed by atoms with Crippen molar-refractivity contribution in [1.82, 2.24) is 9.62 Å². The molecule has 0 saturated carbocycles. The molecule has 0 aliphatic carbocycles. The summed E-state index contributed by atoms with van der Waals surface area (Å²) in [7, 11) is -2.03. The number of hydrogen-bond acceptors (Lipinski definition) is 5. The maximum atomic E-state index is 13.0. The fourth-order valence-corrected chi connectivity index (χ4v) is 5.18. The Kier molecular flexibility index (Phi) is 7.56. The number of carbonyl (C=O) groups is 1. The molecule has 1 aliphatic rings. The summed E-state index contributed by atoms with van der Waals surface area (Å²) >= 11 is 0. The molecule has 0 bridgehead atoms. The summed E-state index contributed by atoms with van der Waals surface area (Å²) in [6.45, 7) is 5.56. The topological polar surface area (TPSA) is 84.9 Å². The maximum Gasteiger partial charge on any atom is 0.251 e. The largest absolute Gasteiger partial charge is 0.493 e. The highest BCUT2D eigenvalue weighted by Gasteiger charge is 2.27. The second kappa shape index (κ2) is 10.2. The minimum absolute atomic E-state index is 0.160. The monoisotopic (exact) mass is 446 g/mol. The zero-order chi connectivity index (χ0) is 22.4. The molecule has 1 amide bonds. The molecule has 0 atom stereocenters. The van der Waals surface area contributed by atoms with E-state index in [9.17, 15) is 13.2 Å². The summed E-state index contributed by atoms with van der Waals surface area (Å²) in [5.41, 5.74) is 1.93. The summed E-state index contributed by atoms with van der Waals surface area (Å²) in [4.78, 5) is 13.0. The SMILES string of the molecule is CCOc1ccc(CNC(=O)c2cc(S(=O)(=O)N3CCCCC3)ccc2C)cc1OC. The molecule has 8 heteroatoms. The van der Waals surface area contributed by atoms with Crippen LogP contribution in [-0.4, -0.2) is 45.4 Å². The van der Waals surface area contributed by atoms with Crippen LogP contribution in [0.3, 0.4) is 0 Å². The Morgan fingerprint density at radius 2 is 1.81 bits per heavy atom. The second-order valence-corrected chi connectivity index (χ2v) is 9.48. The number of sulfonamides is 1. The first-order chi connectivity index (χ1) is 14.9. The molecule has 7 nitrogen and oxygen atoms in total. The van der Waals surface area contributed by atoms with Crippen LogP contribution in [0.1, 0.15) is 47.7 Å². The average Bonchev–Trinajstić information content (AvgIpc) is 2.79. The minimum atomic E-state index is -3.60. The predicted octanol–water partition coefficient (Wildman–Crippen LogP) is 3.51. The van der Waals surface area contributed by atoms with Crippen molar-refractivity contribution in [1.29, 1.82) is 0 Å². The summed E-state index contributed by atoms with van der Waals surface area (Å²) in [5.74, 6) is 0.923. The number of nitrogens with zero attached hydrogens (tertiary/aromatic N) is 1. The third-order valence-electron chi connectivity index (χ3n) is 5.39. The number of carbonyl (C=O) groups excluding carboxylic acids is 1. The van der Waals surface area contributed by atoms with Gasteiger partial charge >= 0.3 is 0 Å². The smallest absolute Gasteiger partial charge is 0.251 e. The maximum absolute atomic E-state index is 13.0. The third kappa shape index (κ3) is 5.37. The Hall–Kier alpha value is -2.58. The summed E-state index contributed by atoms with van der Waals surface area (Å²) in [6.07, 6.45) is 2.78. The molecule has 1 saturated heterocycles. The molecule has 1 N–H and O–H groups in total. The van der Waals surface area contributed by atoms with E-state index >= 15 is 0 Å². The highest BCUT2D eigenvalue weighted by molar-refractivity contribution is 7.89. The third-order valence-corrected chi connectivity index (χ3v) is 7.28. The van der Waals surface area contributed by atoms with Gasteiger partial charge in [0.15, 0.2) is 11.5 Å². The zero-order valence-electron chi connectivity index (χ0n) is 18.3. The van der Waals surface area contributed by atoms with Gasteiger partial charge in [0.05, 0.1) is 18.6 Å². The Morgan fingerprint density at radius 1 is 1.06 bits per heavy atom. The number of benzene rings is 2. The average molecular weight is 447 g/mol. The van der Waals surface area contributed by atoms with E-state index in [1.165, 1.54) is 10.4 Å². The number of ether oxygens (including phenoxy) is 2. The quantitative estimate of drug-likeness (QED) is 0.671. The molecular weight excluding hydrogens is 416 g/mol. The van der Waals surface area contributed by atoms with Gasteiger partial charge in [-0.15, -0.1) is 0 Å². The molecule has 0 radical (unpaired) electrons. The summed E-state index contributed by atoms with van der Waals surface area (Å²) in [5, 5.41) is 2.87. The fourth-order valence-electron chi connectivity index (χ4n) is 3.63. The second-order valence-electron chi connectivity index (χ2n) is 7.54. The van der Waals surface area contributed by atoms with Gasteiger partial charge in [0.25, 0.3) is 5.91 Å². The molecule has 0 unspecified atom stereocenters. The van der Waals surface area contributed by atoms with Gasteiger partial charge in [-0.3, -0.25) is 4.79 Å². The molecule has 3 rings (SSSR count). The van der Waals surface area contributed by atoms with Gasteiger partial charge in [0.2, 0.25) is 10.0 Å². The van der Waals surface area contributed by atoms with E-state index in [0.29, 0.717) is 36.8 Å². The van der Waals surface area contributed by atoms with Crippen LogP contribution in [0.5, 0.6) is 11.5 Å². The number of methoxy groups -OCH3 is 1. The fraction of sp³-hybridized carbons (Fsp3) is 0.435. The van der Waals surface area contributed by atoms with Crippen molar-refractivity contribution in [3.63, 3.8) is 0 Å². The van der Waals surface area contributed by atoms with E-state index in [-0.39, 0.29) is 17.3 Å². The summed E-state index contributed by atoms with van der Waals surface area (Å²) < 4.78 is 38.3. The zero-order valence-corrected chi connectivity index (χ0v) is 19.1. The van der Waals surface area contributed by atoms with Crippen molar-refractivity contribution in [2.24, 2.45) is 0 Å². The van der Waals surface area contributed by atoms with Crippen molar-refractivity contribution in [2.45, 2.75) is 44.6 Å². The van der Waals surface area contributed by atoms with Crippen molar-refractivity contribution in [3.8, 4) is 11.5 Å². The van der Waals surface area contributed by atoms with Crippen molar-refractivity contribution < 1.29 is 22.7 Å². The number of amides is 1. The highest BCUT2D eigenvalue weighted by Crippen LogP contribution is 2.28. The number of rotatable bonds is 8. The van der Waals surface area contributed by atoms with Crippen LogP contribution in [0.25, 0.3) is 0 Å². The Bertz CT molecular complexity index is 1030. The molecule has 2 aromatic carbocycles. The van der Waals surface area contributed by atoms with E-state index in [2.05, 4.69) is 5.32 Å². The molecule has 1 aliphatic heterocycles. The van der Waals surface area contributed by atoms with Gasteiger partial charge in [0, 0.05) is 25.2 Å². The first kappa shape index (κ1) is 23.1. The molecular formula is C23H30N2O5S. The van der Waals surface area contributed by atoms with Gasteiger partial charge in [-0.25, -0.2) is 8.42 Å². The molecule has 168 valence electrons. The minimum Gasteiger partial charge on any atom is -0.493 e. The first-order valence-electron chi connectivity index (χ1n) is 10.6. The molecule has 31 heavy (non-hydrogen) atoms. The van der Waals surface area contributed by atoms with Crippen molar-refractivity contribution in [3.05, 3.63) is 53.1 Å². The lowest BCUT2D eigenvalue weighted by molar-refractivity contribution is 0.0950. The van der Waals surface area contributed by atoms with E-state index < -0.39 is 10.0 Å². The van der Waals surface area contributed by atoms with Crippen molar-refractivity contribution in [2.75, 3.05) is 26.8 Å². The van der Waals surface area contributed by atoms with Crippen LogP contribution in [-0.2, 0) is 16.6 Å². The van der Waals surface area contributed by atoms with Crippen LogP contribution >= 0.6 is 0 Å². The number of hydrogen-bond donors (Lipinski definition) is 1. The molecule has 1 fully saturated rings. The lowest BCUT2D eigenvalue weighted by Gasteiger charge is -2.26. The molecule has 2 aromatic rings.